The number of benzene rings is 2. The van der Waals surface area contributed by atoms with Crippen LogP contribution in [0.3, 0.4) is 0 Å². The minimum absolute atomic E-state index is 0.266. The van der Waals surface area contributed by atoms with E-state index in [4.69, 9.17) is 18.6 Å². The number of hydrogen-bond donors (Lipinski definition) is 1. The largest absolute Gasteiger partial charge is 0.497 e. The highest BCUT2D eigenvalue weighted by Gasteiger charge is 2.17. The van der Waals surface area contributed by atoms with Gasteiger partial charge in [-0.1, -0.05) is 0 Å². The molecule has 3 aromatic rings. The third-order valence-corrected chi connectivity index (χ3v) is 4.14. The molecule has 0 aliphatic heterocycles. The molecule has 2 aromatic carbocycles. The predicted molar refractivity (Wildman–Crippen MR) is 103 cm³/mol. The van der Waals surface area contributed by atoms with Crippen molar-refractivity contribution in [3.05, 3.63) is 53.8 Å². The summed E-state index contributed by atoms with van der Waals surface area (Å²) in [6.07, 6.45) is 0. The molecule has 0 radical (unpaired) electrons. The Kier molecular flexibility index (Phi) is 5.86. The van der Waals surface area contributed by atoms with Crippen LogP contribution in [-0.2, 0) is 0 Å². The molecule has 0 aliphatic rings. The monoisotopic (exact) mass is 369 g/mol. The van der Waals surface area contributed by atoms with E-state index in [0.29, 0.717) is 31.1 Å². The molecule has 27 heavy (non-hydrogen) atoms. The van der Waals surface area contributed by atoms with Crippen LogP contribution in [0, 0.1) is 6.92 Å². The Hall–Kier alpha value is -3.15. The first kappa shape index (κ1) is 18.6. The number of hydrogen-bond acceptors (Lipinski definition) is 5. The van der Waals surface area contributed by atoms with Gasteiger partial charge in [0, 0.05) is 10.9 Å². The highest BCUT2D eigenvalue weighted by atomic mass is 16.5. The van der Waals surface area contributed by atoms with Crippen LogP contribution in [-0.4, -0.2) is 32.8 Å². The Morgan fingerprint density at radius 2 is 1.70 bits per heavy atom. The van der Waals surface area contributed by atoms with Crippen LogP contribution >= 0.6 is 0 Å². The summed E-state index contributed by atoms with van der Waals surface area (Å²) in [5.41, 5.74) is 1.44. The maximum atomic E-state index is 12.4. The second-order valence-electron chi connectivity index (χ2n) is 5.93. The molecule has 0 atom stereocenters. The van der Waals surface area contributed by atoms with Crippen molar-refractivity contribution in [1.82, 2.24) is 5.32 Å². The first-order chi connectivity index (χ1) is 13.1. The molecule has 6 nitrogen and oxygen atoms in total. The van der Waals surface area contributed by atoms with Crippen LogP contribution in [0.25, 0.3) is 11.0 Å². The highest BCUT2D eigenvalue weighted by molar-refractivity contribution is 5.99. The van der Waals surface area contributed by atoms with Gasteiger partial charge in [-0.15, -0.1) is 0 Å². The number of rotatable bonds is 8. The van der Waals surface area contributed by atoms with Crippen LogP contribution < -0.4 is 19.5 Å². The fourth-order valence-electron chi connectivity index (χ4n) is 2.76. The molecular formula is C21H23NO5. The van der Waals surface area contributed by atoms with E-state index in [9.17, 15) is 4.79 Å². The van der Waals surface area contributed by atoms with Crippen LogP contribution in [0.15, 0.2) is 46.9 Å². The van der Waals surface area contributed by atoms with Crippen molar-refractivity contribution >= 4 is 16.9 Å². The number of methoxy groups -OCH3 is 1. The number of aryl methyl sites for hydroxylation is 1. The van der Waals surface area contributed by atoms with Gasteiger partial charge in [0.05, 0.1) is 20.3 Å². The average Bonchev–Trinajstić information content (AvgIpc) is 3.02. The number of carbonyl (C=O) groups is 1. The maximum Gasteiger partial charge on any atom is 0.287 e. The van der Waals surface area contributed by atoms with Crippen LogP contribution in [0.4, 0.5) is 0 Å². The molecule has 0 fully saturated rings. The lowest BCUT2D eigenvalue weighted by atomic mass is 10.1. The Morgan fingerprint density at radius 3 is 2.37 bits per heavy atom. The summed E-state index contributed by atoms with van der Waals surface area (Å²) >= 11 is 0. The second-order valence-corrected chi connectivity index (χ2v) is 5.93. The lowest BCUT2D eigenvalue weighted by molar-refractivity contribution is 0.0920. The van der Waals surface area contributed by atoms with E-state index in [0.717, 1.165) is 28.2 Å². The summed E-state index contributed by atoms with van der Waals surface area (Å²) in [5.74, 6) is 2.29. The topological polar surface area (TPSA) is 69.9 Å². The molecule has 0 saturated carbocycles. The molecule has 0 aliphatic carbocycles. The van der Waals surface area contributed by atoms with Crippen molar-refractivity contribution in [1.29, 1.82) is 0 Å². The first-order valence-corrected chi connectivity index (χ1v) is 8.83. The number of carbonyl (C=O) groups excluding carboxylic acids is 1. The third-order valence-electron chi connectivity index (χ3n) is 4.14. The Balaban J connectivity index is 1.55. The molecule has 1 aromatic heterocycles. The number of furan rings is 1. The average molecular weight is 369 g/mol. The zero-order chi connectivity index (χ0) is 19.2. The van der Waals surface area contributed by atoms with Gasteiger partial charge in [0.1, 0.15) is 29.4 Å². The summed E-state index contributed by atoms with van der Waals surface area (Å²) < 4.78 is 21.9. The van der Waals surface area contributed by atoms with Gasteiger partial charge in [0.2, 0.25) is 0 Å². The van der Waals surface area contributed by atoms with Crippen LogP contribution in [0.5, 0.6) is 17.2 Å². The molecule has 0 saturated heterocycles. The molecule has 3 rings (SSSR count). The van der Waals surface area contributed by atoms with Crippen molar-refractivity contribution < 1.29 is 23.4 Å². The molecular weight excluding hydrogens is 346 g/mol. The van der Waals surface area contributed by atoms with Gasteiger partial charge in [-0.25, -0.2) is 0 Å². The fourth-order valence-corrected chi connectivity index (χ4v) is 2.76. The van der Waals surface area contributed by atoms with Gasteiger partial charge in [-0.2, -0.15) is 0 Å². The molecule has 1 N–H and O–H groups in total. The van der Waals surface area contributed by atoms with Gasteiger partial charge in [0.15, 0.2) is 5.76 Å². The van der Waals surface area contributed by atoms with E-state index in [1.165, 1.54) is 0 Å². The Morgan fingerprint density at radius 1 is 1.04 bits per heavy atom. The van der Waals surface area contributed by atoms with Crippen molar-refractivity contribution in [3.8, 4) is 17.2 Å². The van der Waals surface area contributed by atoms with Gasteiger partial charge < -0.3 is 23.9 Å². The summed E-state index contributed by atoms with van der Waals surface area (Å²) in [6.45, 7) is 5.14. The zero-order valence-corrected chi connectivity index (χ0v) is 15.7. The van der Waals surface area contributed by atoms with E-state index < -0.39 is 0 Å². The summed E-state index contributed by atoms with van der Waals surface area (Å²) in [5, 5.41) is 3.68. The van der Waals surface area contributed by atoms with Crippen LogP contribution in [0.1, 0.15) is 23.0 Å². The quantitative estimate of drug-likeness (QED) is 0.609. The lowest BCUT2D eigenvalue weighted by Gasteiger charge is -2.08. The first-order valence-electron chi connectivity index (χ1n) is 8.83. The summed E-state index contributed by atoms with van der Waals surface area (Å²) in [7, 11) is 1.61. The normalized spacial score (nSPS) is 10.6. The van der Waals surface area contributed by atoms with Gasteiger partial charge in [0.25, 0.3) is 5.91 Å². The lowest BCUT2D eigenvalue weighted by Crippen LogP contribution is -2.28. The highest BCUT2D eigenvalue weighted by Crippen LogP contribution is 2.28. The Bertz CT molecular complexity index is 914. The minimum Gasteiger partial charge on any atom is -0.497 e. The van der Waals surface area contributed by atoms with Gasteiger partial charge >= 0.3 is 0 Å². The minimum atomic E-state index is -0.266. The number of amides is 1. The molecule has 1 heterocycles. The van der Waals surface area contributed by atoms with Gasteiger partial charge in [-0.05, 0) is 56.3 Å². The molecule has 6 heteroatoms. The standard InChI is InChI=1S/C21H23NO5/c1-4-25-15-5-7-16(8-6-15)26-12-11-22-21(23)20-14(2)18-13-17(24-3)9-10-19(18)27-20/h5-10,13H,4,11-12H2,1-3H3,(H,22,23). The van der Waals surface area contributed by atoms with Crippen molar-refractivity contribution in [3.63, 3.8) is 0 Å². The van der Waals surface area contributed by atoms with Gasteiger partial charge in [-0.3, -0.25) is 4.79 Å². The van der Waals surface area contributed by atoms with Crippen molar-refractivity contribution in [2.45, 2.75) is 13.8 Å². The van der Waals surface area contributed by atoms with Crippen molar-refractivity contribution in [2.75, 3.05) is 26.9 Å². The number of ether oxygens (including phenoxy) is 3. The predicted octanol–water partition coefficient (Wildman–Crippen LogP) is 3.96. The van der Waals surface area contributed by atoms with E-state index in [2.05, 4.69) is 5.32 Å². The molecule has 142 valence electrons. The van der Waals surface area contributed by atoms with Crippen LogP contribution in [0.2, 0.25) is 0 Å². The second kappa shape index (κ2) is 8.49. The fraction of sp³-hybridized carbons (Fsp3) is 0.286. The zero-order valence-electron chi connectivity index (χ0n) is 15.7. The molecule has 0 unspecified atom stereocenters. The van der Waals surface area contributed by atoms with E-state index in [1.807, 2.05) is 44.2 Å². The van der Waals surface area contributed by atoms with E-state index in [-0.39, 0.29) is 5.91 Å². The van der Waals surface area contributed by atoms with E-state index in [1.54, 1.807) is 19.2 Å². The Labute approximate surface area is 158 Å². The summed E-state index contributed by atoms with van der Waals surface area (Å²) in [6, 6.07) is 12.8. The maximum absolute atomic E-state index is 12.4. The van der Waals surface area contributed by atoms with E-state index >= 15 is 0 Å². The number of fused-ring (bicyclic) bond motifs is 1. The summed E-state index contributed by atoms with van der Waals surface area (Å²) in [4.78, 5) is 12.4. The molecule has 0 bridgehead atoms. The third kappa shape index (κ3) is 4.34. The van der Waals surface area contributed by atoms with Crippen molar-refractivity contribution in [2.24, 2.45) is 0 Å². The number of nitrogens with one attached hydrogen (secondary N) is 1. The SMILES string of the molecule is CCOc1ccc(OCCNC(=O)c2oc3ccc(OC)cc3c2C)cc1. The molecule has 0 spiro atoms. The smallest absolute Gasteiger partial charge is 0.287 e. The molecule has 1 amide bonds.